The fourth-order valence-electron chi connectivity index (χ4n) is 1.69. The summed E-state index contributed by atoms with van der Waals surface area (Å²) in [5, 5.41) is -0.253. The van der Waals surface area contributed by atoms with E-state index in [9.17, 15) is 14.4 Å². The lowest BCUT2D eigenvalue weighted by Gasteiger charge is -2.37. The number of nitrogens with two attached hydrogens (primary N) is 1. The van der Waals surface area contributed by atoms with E-state index in [1.54, 1.807) is 0 Å². The van der Waals surface area contributed by atoms with Gasteiger partial charge in [0.1, 0.15) is 0 Å². The summed E-state index contributed by atoms with van der Waals surface area (Å²) in [7, 11) is -4.56. The predicted molar refractivity (Wildman–Crippen MR) is 112 cm³/mol. The van der Waals surface area contributed by atoms with E-state index in [0.29, 0.717) is 0 Å². The molecule has 0 bridgehead atoms. The average molecular weight is 419 g/mol. The summed E-state index contributed by atoms with van der Waals surface area (Å²) in [6.07, 6.45) is 0. The molecular weight excluding hydrogens is 380 g/mol. The maximum absolute atomic E-state index is 12.4. The fourth-order valence-corrected chi connectivity index (χ4v) is 3.57. The maximum Gasteiger partial charge on any atom is 0.306 e. The van der Waals surface area contributed by atoms with Gasteiger partial charge in [-0.1, -0.05) is 41.5 Å². The van der Waals surface area contributed by atoms with Crippen LogP contribution < -0.4 is 5.73 Å². The van der Waals surface area contributed by atoms with Gasteiger partial charge in [-0.2, -0.15) is 0 Å². The molecule has 0 aliphatic rings. The molecule has 0 aromatic carbocycles. The average Bonchev–Trinajstić information content (AvgIpc) is 2.32. The molecule has 0 radical (unpaired) electrons. The summed E-state index contributed by atoms with van der Waals surface area (Å²) in [6, 6.07) is 0. The van der Waals surface area contributed by atoms with E-state index in [-0.39, 0.29) is 29.7 Å². The topological polar surface area (TPSA) is 98.9 Å². The van der Waals surface area contributed by atoms with Gasteiger partial charge in [-0.25, -0.2) is 0 Å². The van der Waals surface area contributed by atoms with Crippen LogP contribution in [0.4, 0.5) is 0 Å². The van der Waals surface area contributed by atoms with Crippen molar-refractivity contribution in [2.45, 2.75) is 77.8 Å². The van der Waals surface area contributed by atoms with E-state index in [4.69, 9.17) is 14.6 Å². The van der Waals surface area contributed by atoms with Gasteiger partial charge in [0.2, 0.25) is 5.91 Å². The van der Waals surface area contributed by atoms with Crippen molar-refractivity contribution >= 4 is 34.5 Å². The van der Waals surface area contributed by atoms with E-state index in [2.05, 4.69) is 0 Å². The van der Waals surface area contributed by atoms with E-state index in [0.717, 1.165) is 0 Å². The molecule has 0 atom stereocenters. The van der Waals surface area contributed by atoms with Crippen molar-refractivity contribution < 1.29 is 23.2 Å². The lowest BCUT2D eigenvalue weighted by atomic mass is 10.2. The Morgan fingerprint density at radius 3 is 1.26 bits per heavy atom. The van der Waals surface area contributed by atoms with Crippen LogP contribution in [0.25, 0.3) is 0 Å². The summed E-state index contributed by atoms with van der Waals surface area (Å²) >= 11 is 0. The highest BCUT2D eigenvalue weighted by molar-refractivity contribution is 6.75. The first-order valence-corrected chi connectivity index (χ1v) is 15.0. The van der Waals surface area contributed by atoms with Crippen LogP contribution in [0.2, 0.25) is 36.3 Å². The summed E-state index contributed by atoms with van der Waals surface area (Å²) in [5.41, 5.74) is 5.27. The second kappa shape index (κ2) is 8.87. The van der Waals surface area contributed by atoms with Crippen molar-refractivity contribution in [3.8, 4) is 0 Å². The Hall–Kier alpha value is -1.20. The van der Waals surface area contributed by atoms with Crippen molar-refractivity contribution in [3.63, 3.8) is 0 Å². The molecule has 0 saturated carbocycles. The molecule has 27 heavy (non-hydrogen) atoms. The minimum Gasteiger partial charge on any atom is -0.518 e. The van der Waals surface area contributed by atoms with Crippen LogP contribution in [-0.4, -0.2) is 59.0 Å². The molecule has 0 heterocycles. The highest BCUT2D eigenvalue weighted by atomic mass is 28.4. The Balaban J connectivity index is 5.08. The monoisotopic (exact) mass is 418 g/mol. The highest BCUT2D eigenvalue weighted by Crippen LogP contribution is 2.37. The fraction of sp³-hybridized carbons (Fsp3) is 0.833. The molecule has 7 nitrogen and oxygen atoms in total. The van der Waals surface area contributed by atoms with Crippen LogP contribution >= 0.6 is 0 Å². The molecule has 1 amide bonds. The number of carbonyl (C=O) groups is 3. The van der Waals surface area contributed by atoms with Crippen LogP contribution in [0.5, 0.6) is 0 Å². The first-order valence-electron chi connectivity index (χ1n) is 9.23. The number of hydrogen-bond acceptors (Lipinski definition) is 6. The smallest absolute Gasteiger partial charge is 0.306 e. The predicted octanol–water partition coefficient (Wildman–Crippen LogP) is 2.87. The highest BCUT2D eigenvalue weighted by Gasteiger charge is 2.42. The quantitative estimate of drug-likeness (QED) is 0.609. The number of amides is 1. The van der Waals surface area contributed by atoms with Gasteiger partial charge in [0.25, 0.3) is 16.6 Å². The van der Waals surface area contributed by atoms with Crippen LogP contribution in [0.3, 0.4) is 0 Å². The molecule has 0 aliphatic carbocycles. The number of rotatable bonds is 8. The first kappa shape index (κ1) is 25.8. The minimum atomic E-state index is -2.28. The third-order valence-electron chi connectivity index (χ3n) is 5.44. The minimum absolute atomic E-state index is 0.127. The number of hydrogen-bond donors (Lipinski definition) is 1. The van der Waals surface area contributed by atoms with Gasteiger partial charge in [0.05, 0.1) is 19.6 Å². The van der Waals surface area contributed by atoms with Crippen LogP contribution in [0.1, 0.15) is 41.5 Å². The molecule has 0 rings (SSSR count). The molecule has 158 valence electrons. The molecular formula is C18H38N2O5Si2. The Kier molecular flexibility index (Phi) is 8.48. The Morgan fingerprint density at radius 1 is 0.741 bits per heavy atom. The van der Waals surface area contributed by atoms with Crippen LogP contribution in [0, 0.1) is 0 Å². The zero-order valence-corrected chi connectivity index (χ0v) is 20.7. The summed E-state index contributed by atoms with van der Waals surface area (Å²) in [6.45, 7) is 19.5. The molecule has 9 heteroatoms. The Bertz CT molecular complexity index is 521. The van der Waals surface area contributed by atoms with Gasteiger partial charge in [0.15, 0.2) is 0 Å². The Morgan fingerprint density at radius 2 is 1.04 bits per heavy atom. The van der Waals surface area contributed by atoms with Gasteiger partial charge in [-0.3, -0.25) is 19.3 Å². The first-order chi connectivity index (χ1) is 11.8. The van der Waals surface area contributed by atoms with Crippen LogP contribution in [-0.2, 0) is 23.2 Å². The van der Waals surface area contributed by atoms with E-state index in [1.807, 2.05) is 67.7 Å². The molecule has 0 unspecified atom stereocenters. The van der Waals surface area contributed by atoms with Crippen molar-refractivity contribution in [3.05, 3.63) is 0 Å². The number of carbonyl (C=O) groups excluding carboxylic acids is 3. The summed E-state index contributed by atoms with van der Waals surface area (Å²) < 4.78 is 11.4. The maximum atomic E-state index is 12.4. The Labute approximate surface area is 166 Å². The molecule has 0 spiro atoms. The summed E-state index contributed by atoms with van der Waals surface area (Å²) in [5.74, 6) is -1.53. The second-order valence-corrected chi connectivity index (χ2v) is 19.5. The van der Waals surface area contributed by atoms with Gasteiger partial charge in [0, 0.05) is 0 Å². The molecule has 2 N–H and O–H groups in total. The third-order valence-corrected chi connectivity index (χ3v) is 14.1. The lowest BCUT2D eigenvalue weighted by molar-refractivity contribution is -0.140. The van der Waals surface area contributed by atoms with Gasteiger partial charge < -0.3 is 14.6 Å². The number of nitrogens with zero attached hydrogens (tertiary/aromatic N) is 1. The van der Waals surface area contributed by atoms with Gasteiger partial charge >= 0.3 is 11.9 Å². The van der Waals surface area contributed by atoms with E-state index < -0.39 is 34.5 Å². The second-order valence-electron chi connectivity index (χ2n) is 10.1. The molecule has 0 aliphatic heterocycles. The molecule has 0 aromatic heterocycles. The number of primary amides is 1. The van der Waals surface area contributed by atoms with Crippen molar-refractivity contribution in [2.24, 2.45) is 5.73 Å². The van der Waals surface area contributed by atoms with E-state index in [1.165, 1.54) is 4.90 Å². The third kappa shape index (κ3) is 8.57. The zero-order valence-electron chi connectivity index (χ0n) is 18.7. The molecule has 0 saturated heterocycles. The van der Waals surface area contributed by atoms with Crippen LogP contribution in [0.15, 0.2) is 0 Å². The largest absolute Gasteiger partial charge is 0.518 e. The van der Waals surface area contributed by atoms with Crippen molar-refractivity contribution in [1.82, 2.24) is 4.90 Å². The van der Waals surface area contributed by atoms with Crippen molar-refractivity contribution in [1.29, 1.82) is 0 Å². The molecule has 0 aromatic rings. The van der Waals surface area contributed by atoms with Crippen molar-refractivity contribution in [2.75, 3.05) is 19.6 Å². The SMILES string of the molecule is CC(C)(C)[Si](C)(C)OC(=O)CN(CC(N)=O)CC(=O)O[Si](C)(C)C(C)(C)C. The normalized spacial score (nSPS) is 13.4. The summed E-state index contributed by atoms with van der Waals surface area (Å²) in [4.78, 5) is 37.5. The van der Waals surface area contributed by atoms with E-state index >= 15 is 0 Å². The standard InChI is InChI=1S/C18H38N2O5Si2/c1-17(2,3)26(7,8)24-15(22)12-20(11-14(19)21)13-16(23)25-27(9,10)18(4,5)6/h11-13H2,1-10H3,(H2,19,21). The van der Waals surface area contributed by atoms with Gasteiger partial charge in [-0.15, -0.1) is 0 Å². The molecule has 0 fully saturated rings. The van der Waals surface area contributed by atoms with Gasteiger partial charge in [-0.05, 0) is 36.3 Å². The zero-order chi connectivity index (χ0) is 21.8. The lowest BCUT2D eigenvalue weighted by Crippen LogP contribution is -2.49.